The maximum atomic E-state index is 13.7. The predicted molar refractivity (Wildman–Crippen MR) is 156 cm³/mol. The molecule has 234 valence electrons. The van der Waals surface area contributed by atoms with Crippen LogP contribution in [0.3, 0.4) is 0 Å². The van der Waals surface area contributed by atoms with Gasteiger partial charge in [0.05, 0.1) is 34.8 Å². The number of halogens is 4. The Bertz CT molecular complexity index is 1720. The van der Waals surface area contributed by atoms with Crippen molar-refractivity contribution in [2.75, 3.05) is 6.61 Å². The van der Waals surface area contributed by atoms with Gasteiger partial charge in [0.2, 0.25) is 10.0 Å². The number of aromatic nitrogens is 3. The first-order valence-corrected chi connectivity index (χ1v) is 15.5. The molecule has 2 N–H and O–H groups in total. The average molecular weight is 632 g/mol. The van der Waals surface area contributed by atoms with E-state index < -0.39 is 38.5 Å². The van der Waals surface area contributed by atoms with Crippen molar-refractivity contribution >= 4 is 10.0 Å². The van der Waals surface area contributed by atoms with Gasteiger partial charge in [0.15, 0.2) is 0 Å². The first kappa shape index (κ1) is 31.6. The third-order valence-electron chi connectivity index (χ3n) is 7.24. The number of rotatable bonds is 9. The van der Waals surface area contributed by atoms with Gasteiger partial charge >= 0.3 is 6.18 Å². The van der Waals surface area contributed by atoms with Crippen molar-refractivity contribution in [2.45, 2.75) is 68.9 Å². The van der Waals surface area contributed by atoms with Gasteiger partial charge in [-0.3, -0.25) is 0 Å². The van der Waals surface area contributed by atoms with E-state index in [1.54, 1.807) is 10.9 Å². The molecular formula is C31H33F4N5O3S. The predicted octanol–water partition coefficient (Wildman–Crippen LogP) is 5.96. The third-order valence-corrected chi connectivity index (χ3v) is 8.71. The van der Waals surface area contributed by atoms with Crippen LogP contribution in [-0.4, -0.2) is 35.6 Å². The Balaban J connectivity index is 1.39. The lowest BCUT2D eigenvalue weighted by Gasteiger charge is -2.27. The van der Waals surface area contributed by atoms with Crippen LogP contribution < -0.4 is 14.8 Å². The quantitative estimate of drug-likeness (QED) is 0.222. The van der Waals surface area contributed by atoms with E-state index in [1.807, 2.05) is 18.2 Å². The SMILES string of the molecule is CC(C)(C)NCc1ccc2c(c1)OCCC2n1cc(C[C@@H](NS(=O)(=O)c2cccc(C(F)(F)F)c2)c2ccc(F)cc2)nn1. The van der Waals surface area contributed by atoms with Crippen molar-refractivity contribution in [1.82, 2.24) is 25.0 Å². The Morgan fingerprint density at radius 2 is 1.80 bits per heavy atom. The Morgan fingerprint density at radius 3 is 2.50 bits per heavy atom. The Labute approximate surface area is 253 Å². The molecule has 2 heterocycles. The molecule has 1 aromatic heterocycles. The molecule has 0 fully saturated rings. The summed E-state index contributed by atoms with van der Waals surface area (Å²) in [6.45, 7) is 7.43. The van der Waals surface area contributed by atoms with Gasteiger partial charge in [-0.1, -0.05) is 35.5 Å². The summed E-state index contributed by atoms with van der Waals surface area (Å²) < 4.78 is 90.2. The van der Waals surface area contributed by atoms with Crippen molar-refractivity contribution in [3.8, 4) is 5.75 Å². The van der Waals surface area contributed by atoms with Gasteiger partial charge in [0, 0.05) is 36.7 Å². The normalized spacial score (nSPS) is 16.3. The standard InChI is InChI=1S/C31H33F4N5O3S/c1-30(2,3)36-18-20-7-12-26-28(13-14-43-29(26)15-20)40-19-24(37-39-40)17-27(21-8-10-23(32)11-9-21)38-44(41,42)25-6-4-5-22(16-25)31(33,34)35/h4-12,15-16,19,27-28,36,38H,13-14,17-18H2,1-3H3/t27-,28?/m1/s1. The molecule has 1 unspecified atom stereocenters. The van der Waals surface area contributed by atoms with Crippen LogP contribution in [0.1, 0.15) is 67.2 Å². The van der Waals surface area contributed by atoms with Gasteiger partial charge in [-0.15, -0.1) is 5.10 Å². The van der Waals surface area contributed by atoms with Gasteiger partial charge in [-0.2, -0.15) is 13.2 Å². The van der Waals surface area contributed by atoms with Crippen molar-refractivity contribution < 1.29 is 30.7 Å². The van der Waals surface area contributed by atoms with Crippen LogP contribution in [0.25, 0.3) is 0 Å². The summed E-state index contributed by atoms with van der Waals surface area (Å²) in [5.41, 5.74) is 1.73. The summed E-state index contributed by atoms with van der Waals surface area (Å²) in [6.07, 6.45) is -2.35. The highest BCUT2D eigenvalue weighted by Gasteiger charge is 2.32. The number of nitrogens with one attached hydrogen (secondary N) is 2. The number of sulfonamides is 1. The zero-order valence-corrected chi connectivity index (χ0v) is 25.2. The Morgan fingerprint density at radius 1 is 1.05 bits per heavy atom. The molecule has 3 aromatic carbocycles. The van der Waals surface area contributed by atoms with Crippen molar-refractivity contribution in [1.29, 1.82) is 0 Å². The summed E-state index contributed by atoms with van der Waals surface area (Å²) in [7, 11) is -4.41. The van der Waals surface area contributed by atoms with Crippen LogP contribution in [0.4, 0.5) is 17.6 Å². The summed E-state index contributed by atoms with van der Waals surface area (Å²) in [6, 6.07) is 13.6. The molecule has 1 aliphatic rings. The van der Waals surface area contributed by atoms with Gasteiger partial charge in [-0.05, 0) is 68.3 Å². The second kappa shape index (κ2) is 12.3. The second-order valence-corrected chi connectivity index (χ2v) is 13.5. The minimum Gasteiger partial charge on any atom is -0.493 e. The third kappa shape index (κ3) is 7.63. The van der Waals surface area contributed by atoms with Crippen LogP contribution in [0, 0.1) is 5.82 Å². The molecule has 8 nitrogen and oxygen atoms in total. The minimum absolute atomic E-state index is 0.0112. The van der Waals surface area contributed by atoms with E-state index in [-0.39, 0.29) is 18.0 Å². The summed E-state index contributed by atoms with van der Waals surface area (Å²) >= 11 is 0. The number of fused-ring (bicyclic) bond motifs is 1. The molecule has 0 spiro atoms. The molecule has 0 saturated carbocycles. The molecular weight excluding hydrogens is 598 g/mol. The number of nitrogens with zero attached hydrogens (tertiary/aromatic N) is 3. The molecule has 0 aliphatic carbocycles. The van der Waals surface area contributed by atoms with Crippen LogP contribution in [0.5, 0.6) is 5.75 Å². The molecule has 0 saturated heterocycles. The Kier molecular flexibility index (Phi) is 8.83. The van der Waals surface area contributed by atoms with Crippen molar-refractivity contribution in [2.24, 2.45) is 0 Å². The molecule has 1 aliphatic heterocycles. The molecule has 0 amide bonds. The summed E-state index contributed by atoms with van der Waals surface area (Å²) in [5.74, 6) is 0.235. The number of hydrogen-bond acceptors (Lipinski definition) is 6. The van der Waals surface area contributed by atoms with E-state index in [1.165, 1.54) is 24.3 Å². The van der Waals surface area contributed by atoms with E-state index in [4.69, 9.17) is 4.74 Å². The smallest absolute Gasteiger partial charge is 0.416 e. The van der Waals surface area contributed by atoms with E-state index in [2.05, 4.69) is 41.1 Å². The fraction of sp³-hybridized carbons (Fsp3) is 0.355. The van der Waals surface area contributed by atoms with E-state index in [0.29, 0.717) is 36.9 Å². The topological polar surface area (TPSA) is 98.1 Å². The first-order chi connectivity index (χ1) is 20.7. The monoisotopic (exact) mass is 631 g/mol. The van der Waals surface area contributed by atoms with Gasteiger partial charge in [0.25, 0.3) is 0 Å². The summed E-state index contributed by atoms with van der Waals surface area (Å²) in [4.78, 5) is -0.543. The lowest BCUT2D eigenvalue weighted by Crippen LogP contribution is -2.35. The first-order valence-electron chi connectivity index (χ1n) is 14.0. The fourth-order valence-electron chi connectivity index (χ4n) is 4.95. The van der Waals surface area contributed by atoms with E-state index in [0.717, 1.165) is 35.1 Å². The second-order valence-electron chi connectivity index (χ2n) is 11.8. The van der Waals surface area contributed by atoms with Crippen molar-refractivity contribution in [3.63, 3.8) is 0 Å². The highest BCUT2D eigenvalue weighted by atomic mass is 32.2. The zero-order valence-electron chi connectivity index (χ0n) is 24.4. The van der Waals surface area contributed by atoms with Gasteiger partial charge in [-0.25, -0.2) is 22.2 Å². The lowest BCUT2D eigenvalue weighted by atomic mass is 9.98. The molecule has 4 aromatic rings. The maximum absolute atomic E-state index is 13.7. The molecule has 2 atom stereocenters. The zero-order chi connectivity index (χ0) is 31.7. The highest BCUT2D eigenvalue weighted by molar-refractivity contribution is 7.89. The van der Waals surface area contributed by atoms with Crippen molar-refractivity contribution in [3.05, 3.63) is 107 Å². The lowest BCUT2D eigenvalue weighted by molar-refractivity contribution is -0.137. The summed E-state index contributed by atoms with van der Waals surface area (Å²) in [5, 5.41) is 12.1. The number of benzene rings is 3. The molecule has 0 radical (unpaired) electrons. The Hall–Kier alpha value is -3.81. The average Bonchev–Trinajstić information content (AvgIpc) is 3.43. The van der Waals surface area contributed by atoms with Crippen LogP contribution >= 0.6 is 0 Å². The maximum Gasteiger partial charge on any atom is 0.416 e. The van der Waals surface area contributed by atoms with Crippen LogP contribution in [0.15, 0.2) is 77.8 Å². The largest absolute Gasteiger partial charge is 0.493 e. The van der Waals surface area contributed by atoms with Gasteiger partial charge in [0.1, 0.15) is 11.6 Å². The van der Waals surface area contributed by atoms with E-state index in [9.17, 15) is 26.0 Å². The highest BCUT2D eigenvalue weighted by Crippen LogP contribution is 2.36. The van der Waals surface area contributed by atoms with Gasteiger partial charge < -0.3 is 10.1 Å². The number of hydrogen-bond donors (Lipinski definition) is 2. The molecule has 13 heteroatoms. The van der Waals surface area contributed by atoms with E-state index >= 15 is 0 Å². The number of ether oxygens (including phenoxy) is 1. The minimum atomic E-state index is -4.71. The van der Waals surface area contributed by atoms with Crippen LogP contribution in [0.2, 0.25) is 0 Å². The fourth-order valence-corrected chi connectivity index (χ4v) is 6.22. The molecule has 5 rings (SSSR count). The number of alkyl halides is 3. The molecule has 0 bridgehead atoms. The van der Waals surface area contributed by atoms with Crippen LogP contribution in [-0.2, 0) is 29.2 Å². The molecule has 44 heavy (non-hydrogen) atoms.